The maximum Gasteiger partial charge on any atom is 0.421 e. The molecular formula is C15H25N3O8S. The summed E-state index contributed by atoms with van der Waals surface area (Å²) in [5.74, 6) is -1.27. The smallest absolute Gasteiger partial charge is 0.421 e. The summed E-state index contributed by atoms with van der Waals surface area (Å²) in [6, 6.07) is -2.10. The Hall–Kier alpha value is -1.92. The summed E-state index contributed by atoms with van der Waals surface area (Å²) in [6.07, 6.45) is 1.31. The van der Waals surface area contributed by atoms with Gasteiger partial charge in [0.25, 0.3) is 0 Å². The number of rotatable bonds is 9. The van der Waals surface area contributed by atoms with Gasteiger partial charge in [-0.15, -0.1) is 4.28 Å². The molecule has 2 N–H and O–H groups in total. The third-order valence-corrected chi connectivity index (χ3v) is 5.13. The van der Waals surface area contributed by atoms with Crippen molar-refractivity contribution in [2.75, 3.05) is 19.8 Å². The van der Waals surface area contributed by atoms with Crippen LogP contribution in [0.3, 0.4) is 0 Å². The molecule has 2 rings (SSSR count). The van der Waals surface area contributed by atoms with Crippen molar-refractivity contribution in [1.82, 2.24) is 9.96 Å². The van der Waals surface area contributed by atoms with Gasteiger partial charge in [-0.25, -0.2) is 8.98 Å². The van der Waals surface area contributed by atoms with Gasteiger partial charge in [-0.1, -0.05) is 6.92 Å². The van der Waals surface area contributed by atoms with Crippen LogP contribution in [0.2, 0.25) is 0 Å². The largest absolute Gasteiger partial charge is 0.465 e. The predicted molar refractivity (Wildman–Crippen MR) is 90.9 cm³/mol. The number of hydroxylamine groups is 2. The fraction of sp³-hybridized carbons (Fsp3) is 0.800. The van der Waals surface area contributed by atoms with Crippen LogP contribution in [-0.4, -0.2) is 68.1 Å². The van der Waals surface area contributed by atoms with Crippen LogP contribution in [0.25, 0.3) is 0 Å². The summed E-state index contributed by atoms with van der Waals surface area (Å²) in [6.45, 7) is 4.61. The summed E-state index contributed by atoms with van der Waals surface area (Å²) in [5.41, 5.74) is 4.04. The monoisotopic (exact) mass is 407 g/mol. The maximum atomic E-state index is 12.3. The molecule has 0 spiro atoms. The second-order valence-electron chi connectivity index (χ2n) is 7.17. The molecule has 2 aliphatic rings. The lowest BCUT2D eigenvalue weighted by Crippen LogP contribution is -2.47. The van der Waals surface area contributed by atoms with Crippen molar-refractivity contribution < 1.29 is 36.0 Å². The number of ether oxygens (including phenoxy) is 1. The molecule has 0 aromatic rings. The van der Waals surface area contributed by atoms with Crippen LogP contribution in [0, 0.1) is 5.41 Å². The maximum absolute atomic E-state index is 12.3. The van der Waals surface area contributed by atoms with Crippen LogP contribution >= 0.6 is 0 Å². The minimum atomic E-state index is -4.61. The highest BCUT2D eigenvalue weighted by Crippen LogP contribution is 2.31. The van der Waals surface area contributed by atoms with Gasteiger partial charge >= 0.3 is 22.4 Å². The number of carbonyl (C=O) groups is 3. The zero-order valence-corrected chi connectivity index (χ0v) is 16.4. The Morgan fingerprint density at radius 1 is 1.30 bits per heavy atom. The van der Waals surface area contributed by atoms with Gasteiger partial charge < -0.3 is 15.4 Å². The lowest BCUT2D eigenvalue weighted by Gasteiger charge is -2.27. The van der Waals surface area contributed by atoms with Crippen LogP contribution in [-0.2, 0) is 33.2 Å². The summed E-state index contributed by atoms with van der Waals surface area (Å²) < 4.78 is 38.8. The summed E-state index contributed by atoms with van der Waals surface area (Å²) in [7, 11) is -4.61. The van der Waals surface area contributed by atoms with Crippen molar-refractivity contribution >= 4 is 28.3 Å². The van der Waals surface area contributed by atoms with Crippen molar-refractivity contribution in [2.24, 2.45) is 11.1 Å². The molecule has 2 atom stereocenters. The van der Waals surface area contributed by atoms with E-state index in [1.54, 1.807) is 0 Å². The molecule has 0 radical (unpaired) electrons. The molecule has 27 heavy (non-hydrogen) atoms. The van der Waals surface area contributed by atoms with Crippen LogP contribution < -0.4 is 5.73 Å². The van der Waals surface area contributed by atoms with E-state index >= 15 is 0 Å². The highest BCUT2D eigenvalue weighted by Gasteiger charge is 2.49. The van der Waals surface area contributed by atoms with Crippen LogP contribution in [0.15, 0.2) is 0 Å². The summed E-state index contributed by atoms with van der Waals surface area (Å²) in [4.78, 5) is 36.9. The normalized spacial score (nSPS) is 22.9. The van der Waals surface area contributed by atoms with E-state index in [0.29, 0.717) is 24.3 Å². The molecule has 0 aromatic carbocycles. The lowest BCUT2D eigenvalue weighted by atomic mass is 9.95. The molecule has 0 aliphatic carbocycles. The number of carbonyl (C=O) groups excluding carboxylic acids is 3. The van der Waals surface area contributed by atoms with Crippen molar-refractivity contribution in [3.05, 3.63) is 0 Å². The molecule has 11 nitrogen and oxygen atoms in total. The number of urea groups is 1. The van der Waals surface area contributed by atoms with Gasteiger partial charge in [0.15, 0.2) is 0 Å². The van der Waals surface area contributed by atoms with E-state index in [0.717, 1.165) is 0 Å². The van der Waals surface area contributed by atoms with Gasteiger partial charge in [0.2, 0.25) is 5.91 Å². The molecule has 154 valence electrons. The van der Waals surface area contributed by atoms with Crippen molar-refractivity contribution in [3.63, 3.8) is 0 Å². The third kappa shape index (κ3) is 4.87. The lowest BCUT2D eigenvalue weighted by molar-refractivity contribution is -0.155. The molecule has 2 aliphatic heterocycles. The first-order valence-corrected chi connectivity index (χ1v) is 9.97. The van der Waals surface area contributed by atoms with Crippen molar-refractivity contribution in [3.8, 4) is 0 Å². The minimum absolute atomic E-state index is 0.136. The average molecular weight is 407 g/mol. The quantitative estimate of drug-likeness (QED) is 0.522. The molecule has 2 heterocycles. The van der Waals surface area contributed by atoms with Gasteiger partial charge in [0.1, 0.15) is 6.04 Å². The van der Waals surface area contributed by atoms with E-state index in [1.165, 1.54) is 18.7 Å². The van der Waals surface area contributed by atoms with Gasteiger partial charge in [-0.2, -0.15) is 13.5 Å². The minimum Gasteiger partial charge on any atom is -0.465 e. The summed E-state index contributed by atoms with van der Waals surface area (Å²) in [5, 5.41) is 0.681. The van der Waals surface area contributed by atoms with Gasteiger partial charge in [-0.3, -0.25) is 9.59 Å². The Balaban J connectivity index is 1.97. The number of esters is 1. The molecule has 2 fully saturated rings. The van der Waals surface area contributed by atoms with Crippen LogP contribution in [0.4, 0.5) is 4.79 Å². The number of nitrogens with two attached hydrogens (primary N) is 1. The Kier molecular flexibility index (Phi) is 6.32. The highest BCUT2D eigenvalue weighted by atomic mass is 32.3. The number of fused-ring (bicyclic) bond motifs is 2. The Bertz CT molecular complexity index is 708. The van der Waals surface area contributed by atoms with E-state index < -0.39 is 52.4 Å². The van der Waals surface area contributed by atoms with Crippen LogP contribution in [0.5, 0.6) is 0 Å². The predicted octanol–water partition coefficient (Wildman–Crippen LogP) is -0.0873. The Morgan fingerprint density at radius 2 is 1.96 bits per heavy atom. The number of hydrogen-bond donors (Lipinski definition) is 1. The number of hydrogen-bond acceptors (Lipinski definition) is 8. The topological polar surface area (TPSA) is 146 Å². The number of nitrogens with zero attached hydrogens (tertiary/aromatic N) is 2. The number of piperidine rings is 1. The first-order chi connectivity index (χ1) is 12.5. The Labute approximate surface area is 158 Å². The number of primary amides is 1. The van der Waals surface area contributed by atoms with E-state index in [-0.39, 0.29) is 13.2 Å². The first kappa shape index (κ1) is 21.4. The molecule has 0 saturated carbocycles. The van der Waals surface area contributed by atoms with Crippen molar-refractivity contribution in [2.45, 2.75) is 52.1 Å². The van der Waals surface area contributed by atoms with Crippen molar-refractivity contribution in [1.29, 1.82) is 0 Å². The zero-order chi connectivity index (χ0) is 20.4. The average Bonchev–Trinajstić information content (AvgIpc) is 2.82. The number of amides is 3. The van der Waals surface area contributed by atoms with E-state index in [1.807, 2.05) is 6.92 Å². The second kappa shape index (κ2) is 7.98. The highest BCUT2D eigenvalue weighted by molar-refractivity contribution is 7.81. The third-order valence-electron chi connectivity index (χ3n) is 4.38. The molecule has 12 heteroatoms. The SMILES string of the molecule is CCCOC(=O)C(C)(C)COS(=O)(=O)ON1C(=O)N2CC1CCC2C(N)=O. The first-order valence-electron chi connectivity index (χ1n) is 8.64. The fourth-order valence-corrected chi connectivity index (χ4v) is 3.68. The molecule has 0 aromatic heterocycles. The van der Waals surface area contributed by atoms with E-state index in [9.17, 15) is 22.8 Å². The van der Waals surface area contributed by atoms with E-state index in [4.69, 9.17) is 18.9 Å². The standard InChI is InChI=1S/C15H25N3O8S/c1-4-7-24-13(20)15(2,3)9-25-27(22,23)26-18-10-5-6-11(12(16)19)17(8-10)14(18)21/h10-11H,4-9H2,1-3H3,(H2,16,19). The molecule has 2 unspecified atom stereocenters. The zero-order valence-electron chi connectivity index (χ0n) is 15.5. The molecule has 2 saturated heterocycles. The Morgan fingerprint density at radius 3 is 2.56 bits per heavy atom. The van der Waals surface area contributed by atoms with Crippen LogP contribution in [0.1, 0.15) is 40.0 Å². The molecule has 3 amide bonds. The van der Waals surface area contributed by atoms with E-state index in [2.05, 4.69) is 0 Å². The molecule has 2 bridgehead atoms. The fourth-order valence-electron chi connectivity index (χ4n) is 2.81. The van der Waals surface area contributed by atoms with Gasteiger partial charge in [-0.05, 0) is 33.1 Å². The van der Waals surface area contributed by atoms with Gasteiger partial charge in [0, 0.05) is 6.54 Å². The molecular weight excluding hydrogens is 382 g/mol. The van der Waals surface area contributed by atoms with Gasteiger partial charge in [0.05, 0.1) is 24.7 Å². The second-order valence-corrected chi connectivity index (χ2v) is 8.38. The summed E-state index contributed by atoms with van der Waals surface area (Å²) >= 11 is 0.